The molecular weight excluding hydrogens is 256 g/mol. The second kappa shape index (κ2) is 6.01. The average Bonchev–Trinajstić information content (AvgIpc) is 3.18. The SMILES string of the molecule is C=C(OC(=O)c1ccccc1C(C)=O)[C@H]1C[C@@H]1OCC. The van der Waals surface area contributed by atoms with E-state index in [1.54, 1.807) is 24.3 Å². The molecule has 0 radical (unpaired) electrons. The summed E-state index contributed by atoms with van der Waals surface area (Å²) in [5, 5.41) is 0. The van der Waals surface area contributed by atoms with Crippen molar-refractivity contribution in [1.82, 2.24) is 0 Å². The van der Waals surface area contributed by atoms with Crippen molar-refractivity contribution >= 4 is 11.8 Å². The number of rotatable bonds is 6. The van der Waals surface area contributed by atoms with Gasteiger partial charge in [-0.05, 0) is 26.3 Å². The van der Waals surface area contributed by atoms with Gasteiger partial charge in [0.25, 0.3) is 0 Å². The van der Waals surface area contributed by atoms with Gasteiger partial charge in [0.05, 0.1) is 11.7 Å². The third kappa shape index (κ3) is 3.14. The lowest BCUT2D eigenvalue weighted by molar-refractivity contribution is 0.0581. The zero-order chi connectivity index (χ0) is 14.7. The number of carbonyl (C=O) groups is 2. The molecule has 106 valence electrons. The summed E-state index contributed by atoms with van der Waals surface area (Å²) in [5.41, 5.74) is 0.636. The van der Waals surface area contributed by atoms with Crippen LogP contribution < -0.4 is 0 Å². The van der Waals surface area contributed by atoms with Crippen LogP contribution in [0, 0.1) is 5.92 Å². The quantitative estimate of drug-likeness (QED) is 0.454. The topological polar surface area (TPSA) is 52.6 Å². The van der Waals surface area contributed by atoms with Crippen molar-refractivity contribution in [2.75, 3.05) is 6.61 Å². The average molecular weight is 274 g/mol. The van der Waals surface area contributed by atoms with E-state index < -0.39 is 5.97 Å². The van der Waals surface area contributed by atoms with Gasteiger partial charge in [-0.25, -0.2) is 4.79 Å². The van der Waals surface area contributed by atoms with Crippen molar-refractivity contribution in [1.29, 1.82) is 0 Å². The zero-order valence-electron chi connectivity index (χ0n) is 11.7. The van der Waals surface area contributed by atoms with Gasteiger partial charge in [-0.1, -0.05) is 24.8 Å². The number of ether oxygens (including phenoxy) is 2. The Bertz CT molecular complexity index is 547. The highest BCUT2D eigenvalue weighted by Crippen LogP contribution is 2.40. The van der Waals surface area contributed by atoms with Crippen LogP contribution in [0.2, 0.25) is 0 Å². The van der Waals surface area contributed by atoms with Crippen molar-refractivity contribution in [3.8, 4) is 0 Å². The highest BCUT2D eigenvalue weighted by molar-refractivity contribution is 6.05. The Morgan fingerprint density at radius 3 is 2.55 bits per heavy atom. The van der Waals surface area contributed by atoms with E-state index in [0.29, 0.717) is 17.9 Å². The standard InChI is InChI=1S/C16H18O4/c1-4-19-15-9-14(15)11(3)20-16(18)13-8-6-5-7-12(13)10(2)17/h5-8,14-15H,3-4,9H2,1-2H3/t14-,15+/m1/s1. The van der Waals surface area contributed by atoms with Gasteiger partial charge in [0, 0.05) is 18.1 Å². The first-order chi connectivity index (χ1) is 9.54. The molecule has 0 bridgehead atoms. The number of hydrogen-bond donors (Lipinski definition) is 0. The molecule has 0 amide bonds. The first kappa shape index (κ1) is 14.5. The lowest BCUT2D eigenvalue weighted by Gasteiger charge is -2.09. The summed E-state index contributed by atoms with van der Waals surface area (Å²) < 4.78 is 10.7. The monoisotopic (exact) mass is 274 g/mol. The van der Waals surface area contributed by atoms with Crippen LogP contribution in [-0.2, 0) is 9.47 Å². The van der Waals surface area contributed by atoms with Gasteiger partial charge in [-0.3, -0.25) is 4.79 Å². The van der Waals surface area contributed by atoms with Crippen molar-refractivity contribution in [2.24, 2.45) is 5.92 Å². The summed E-state index contributed by atoms with van der Waals surface area (Å²) in [6, 6.07) is 6.61. The van der Waals surface area contributed by atoms with Crippen molar-refractivity contribution in [2.45, 2.75) is 26.4 Å². The largest absolute Gasteiger partial charge is 0.428 e. The number of carbonyl (C=O) groups excluding carboxylic acids is 2. The zero-order valence-corrected chi connectivity index (χ0v) is 11.7. The molecule has 20 heavy (non-hydrogen) atoms. The molecule has 0 aliphatic heterocycles. The smallest absolute Gasteiger partial charge is 0.343 e. The molecule has 2 atom stereocenters. The molecular formula is C16H18O4. The molecule has 0 spiro atoms. The summed E-state index contributed by atoms with van der Waals surface area (Å²) >= 11 is 0. The molecule has 0 aromatic heterocycles. The Balaban J connectivity index is 2.03. The molecule has 4 heteroatoms. The van der Waals surface area contributed by atoms with Crippen molar-refractivity contribution in [3.05, 3.63) is 47.7 Å². The van der Waals surface area contributed by atoms with E-state index in [1.165, 1.54) is 6.92 Å². The molecule has 1 aliphatic carbocycles. The van der Waals surface area contributed by atoms with Crippen LogP contribution in [0.15, 0.2) is 36.6 Å². The number of benzene rings is 1. The Labute approximate surface area is 118 Å². The maximum atomic E-state index is 12.1. The van der Waals surface area contributed by atoms with Gasteiger partial charge >= 0.3 is 5.97 Å². The van der Waals surface area contributed by atoms with Crippen LogP contribution in [-0.4, -0.2) is 24.5 Å². The van der Waals surface area contributed by atoms with E-state index in [0.717, 1.165) is 6.42 Å². The molecule has 0 saturated heterocycles. The molecule has 2 rings (SSSR count). The van der Waals surface area contributed by atoms with Crippen molar-refractivity contribution < 1.29 is 19.1 Å². The number of ketones is 1. The van der Waals surface area contributed by atoms with Gasteiger partial charge in [0.2, 0.25) is 0 Å². The van der Waals surface area contributed by atoms with E-state index >= 15 is 0 Å². The molecule has 1 aliphatic rings. The lowest BCUT2D eigenvalue weighted by Crippen LogP contribution is -2.11. The van der Waals surface area contributed by atoms with Crippen LogP contribution in [0.5, 0.6) is 0 Å². The summed E-state index contributed by atoms with van der Waals surface area (Å²) in [7, 11) is 0. The summed E-state index contributed by atoms with van der Waals surface area (Å²) in [6.07, 6.45) is 0.928. The first-order valence-corrected chi connectivity index (χ1v) is 6.67. The Morgan fingerprint density at radius 1 is 1.30 bits per heavy atom. The number of hydrogen-bond acceptors (Lipinski definition) is 4. The minimum Gasteiger partial charge on any atom is -0.428 e. The molecule has 0 unspecified atom stereocenters. The Morgan fingerprint density at radius 2 is 1.95 bits per heavy atom. The fourth-order valence-electron chi connectivity index (χ4n) is 2.13. The van der Waals surface area contributed by atoms with Gasteiger partial charge in [-0.15, -0.1) is 0 Å². The highest BCUT2D eigenvalue weighted by Gasteiger charge is 2.42. The van der Waals surface area contributed by atoms with Crippen LogP contribution in [0.1, 0.15) is 41.0 Å². The molecule has 1 aromatic rings. The molecule has 1 saturated carbocycles. The Kier molecular flexibility index (Phi) is 4.35. The fourth-order valence-corrected chi connectivity index (χ4v) is 2.13. The minimum absolute atomic E-state index is 0.0726. The van der Waals surface area contributed by atoms with Gasteiger partial charge in [-0.2, -0.15) is 0 Å². The maximum Gasteiger partial charge on any atom is 0.343 e. The molecule has 1 aromatic carbocycles. The van der Waals surface area contributed by atoms with Gasteiger partial charge < -0.3 is 9.47 Å². The first-order valence-electron chi connectivity index (χ1n) is 6.67. The van der Waals surface area contributed by atoms with Crippen LogP contribution in [0.4, 0.5) is 0 Å². The minimum atomic E-state index is -0.539. The second-order valence-electron chi connectivity index (χ2n) is 4.79. The molecule has 0 heterocycles. The number of Topliss-reactive ketones (excluding diaryl/α,β-unsaturated/α-hetero) is 1. The summed E-state index contributed by atoms with van der Waals surface area (Å²) in [4.78, 5) is 23.6. The summed E-state index contributed by atoms with van der Waals surface area (Å²) in [5.74, 6) is -0.222. The normalized spacial score (nSPS) is 20.3. The van der Waals surface area contributed by atoms with E-state index in [-0.39, 0.29) is 23.4 Å². The number of esters is 1. The van der Waals surface area contributed by atoms with Gasteiger partial charge in [0.15, 0.2) is 5.78 Å². The van der Waals surface area contributed by atoms with Crippen molar-refractivity contribution in [3.63, 3.8) is 0 Å². The van der Waals surface area contributed by atoms with E-state index in [1.807, 2.05) is 6.92 Å². The molecule has 4 nitrogen and oxygen atoms in total. The lowest BCUT2D eigenvalue weighted by atomic mass is 10.0. The van der Waals surface area contributed by atoms with E-state index in [4.69, 9.17) is 9.47 Å². The maximum absolute atomic E-state index is 12.1. The highest BCUT2D eigenvalue weighted by atomic mass is 16.5. The van der Waals surface area contributed by atoms with E-state index in [2.05, 4.69) is 6.58 Å². The van der Waals surface area contributed by atoms with E-state index in [9.17, 15) is 9.59 Å². The third-order valence-electron chi connectivity index (χ3n) is 3.28. The predicted molar refractivity (Wildman–Crippen MR) is 74.5 cm³/mol. The predicted octanol–water partition coefficient (Wildman–Crippen LogP) is 2.98. The Hall–Kier alpha value is -1.94. The van der Waals surface area contributed by atoms with Crippen LogP contribution in [0.25, 0.3) is 0 Å². The van der Waals surface area contributed by atoms with Gasteiger partial charge in [0.1, 0.15) is 5.76 Å². The third-order valence-corrected chi connectivity index (χ3v) is 3.28. The van der Waals surface area contributed by atoms with Crippen LogP contribution >= 0.6 is 0 Å². The van der Waals surface area contributed by atoms with Crippen LogP contribution in [0.3, 0.4) is 0 Å². The molecule has 1 fully saturated rings. The summed E-state index contributed by atoms with van der Waals surface area (Å²) in [6.45, 7) is 7.76. The fraction of sp³-hybridized carbons (Fsp3) is 0.375. The second-order valence-corrected chi connectivity index (χ2v) is 4.79. The molecule has 0 N–H and O–H groups in total.